The Morgan fingerprint density at radius 2 is 2.33 bits per heavy atom. The van der Waals surface area contributed by atoms with Gasteiger partial charge in [-0.3, -0.25) is 0 Å². The quantitative estimate of drug-likeness (QED) is 0.863. The Balaban J connectivity index is 2.05. The van der Waals surface area contributed by atoms with Crippen molar-refractivity contribution in [1.82, 2.24) is 15.0 Å². The van der Waals surface area contributed by atoms with Gasteiger partial charge in [-0.15, -0.1) is 0 Å². The van der Waals surface area contributed by atoms with Gasteiger partial charge in [-0.2, -0.15) is 4.98 Å². The highest BCUT2D eigenvalue weighted by atomic mass is 16.5. The van der Waals surface area contributed by atoms with Crippen LogP contribution in [0.1, 0.15) is 44.0 Å². The molecule has 3 atom stereocenters. The Bertz CT molecular complexity index is 382. The molecule has 0 aliphatic carbocycles. The molecular formula is C12H21N3O3. The molecule has 1 saturated heterocycles. The van der Waals surface area contributed by atoms with E-state index in [0.29, 0.717) is 24.7 Å². The Labute approximate surface area is 107 Å². The molecule has 0 aromatic carbocycles. The van der Waals surface area contributed by atoms with Crippen LogP contribution in [0.3, 0.4) is 0 Å². The second kappa shape index (κ2) is 5.77. The lowest BCUT2D eigenvalue weighted by Crippen LogP contribution is -2.35. The maximum Gasteiger partial charge on any atom is 0.232 e. The van der Waals surface area contributed by atoms with Gasteiger partial charge in [-0.05, 0) is 13.5 Å². The molecule has 1 aliphatic heterocycles. The van der Waals surface area contributed by atoms with Gasteiger partial charge in [0.15, 0.2) is 0 Å². The summed E-state index contributed by atoms with van der Waals surface area (Å²) in [7, 11) is 2.04. The highest BCUT2D eigenvalue weighted by molar-refractivity contribution is 4.99. The van der Waals surface area contributed by atoms with Crippen LogP contribution in [0.2, 0.25) is 0 Å². The van der Waals surface area contributed by atoms with Crippen LogP contribution in [-0.4, -0.2) is 53.0 Å². The van der Waals surface area contributed by atoms with Crippen LogP contribution in [0.5, 0.6) is 0 Å². The first-order valence-corrected chi connectivity index (χ1v) is 6.43. The lowest BCUT2D eigenvalue weighted by molar-refractivity contribution is -0.0264. The van der Waals surface area contributed by atoms with Gasteiger partial charge in [0.25, 0.3) is 0 Å². The number of aliphatic hydroxyl groups is 1. The number of aromatic nitrogens is 2. The zero-order valence-corrected chi connectivity index (χ0v) is 11.2. The summed E-state index contributed by atoms with van der Waals surface area (Å²) in [5, 5.41) is 13.7. The Kier molecular flexibility index (Phi) is 4.31. The molecule has 2 rings (SSSR count). The van der Waals surface area contributed by atoms with Crippen LogP contribution in [0.15, 0.2) is 4.52 Å². The van der Waals surface area contributed by atoms with E-state index in [9.17, 15) is 5.11 Å². The molecule has 6 nitrogen and oxygen atoms in total. The first-order valence-electron chi connectivity index (χ1n) is 6.43. The smallest absolute Gasteiger partial charge is 0.232 e. The van der Waals surface area contributed by atoms with Crippen molar-refractivity contribution in [2.45, 2.75) is 38.4 Å². The summed E-state index contributed by atoms with van der Waals surface area (Å²) in [4.78, 5) is 6.52. The van der Waals surface area contributed by atoms with Crippen LogP contribution in [0.25, 0.3) is 0 Å². The molecular weight excluding hydrogens is 234 g/mol. The average molecular weight is 255 g/mol. The topological polar surface area (TPSA) is 71.6 Å². The summed E-state index contributed by atoms with van der Waals surface area (Å²) in [6.07, 6.45) is 0.0853. The highest BCUT2D eigenvalue weighted by Crippen LogP contribution is 2.23. The number of morpholine rings is 1. The summed E-state index contributed by atoms with van der Waals surface area (Å²) in [6, 6.07) is 0. The fourth-order valence-electron chi connectivity index (χ4n) is 2.02. The molecule has 1 aliphatic rings. The van der Waals surface area contributed by atoms with Gasteiger partial charge in [0, 0.05) is 13.1 Å². The number of aliphatic hydroxyl groups excluding tert-OH is 1. The van der Waals surface area contributed by atoms with Crippen molar-refractivity contribution in [1.29, 1.82) is 0 Å². The summed E-state index contributed by atoms with van der Waals surface area (Å²) < 4.78 is 10.8. The minimum atomic E-state index is -0.451. The molecule has 3 unspecified atom stereocenters. The van der Waals surface area contributed by atoms with E-state index in [0.717, 1.165) is 13.1 Å². The van der Waals surface area contributed by atoms with Gasteiger partial charge in [0.2, 0.25) is 11.7 Å². The fourth-order valence-corrected chi connectivity index (χ4v) is 2.02. The number of likely N-dealkylation sites (N-methyl/N-ethyl adjacent to an activating group) is 1. The van der Waals surface area contributed by atoms with Crippen molar-refractivity contribution in [3.63, 3.8) is 0 Å². The molecule has 0 spiro atoms. The molecule has 0 amide bonds. The maximum atomic E-state index is 9.77. The Morgan fingerprint density at radius 3 is 3.00 bits per heavy atom. The zero-order valence-electron chi connectivity index (χ0n) is 11.2. The van der Waals surface area contributed by atoms with Crippen molar-refractivity contribution in [3.8, 4) is 0 Å². The highest BCUT2D eigenvalue weighted by Gasteiger charge is 2.27. The number of rotatable bonds is 4. The molecule has 18 heavy (non-hydrogen) atoms. The summed E-state index contributed by atoms with van der Waals surface area (Å²) in [6.45, 7) is 6.19. The van der Waals surface area contributed by atoms with Crippen LogP contribution >= 0.6 is 0 Å². The van der Waals surface area contributed by atoms with Gasteiger partial charge < -0.3 is 19.3 Å². The lowest BCUT2D eigenvalue weighted by atomic mass is 10.0. The fraction of sp³-hybridized carbons (Fsp3) is 0.833. The predicted octanol–water partition coefficient (Wildman–Crippen LogP) is 0.947. The maximum absolute atomic E-state index is 9.77. The van der Waals surface area contributed by atoms with Crippen molar-refractivity contribution in [2.24, 2.45) is 0 Å². The molecule has 1 aromatic heterocycles. The monoisotopic (exact) mass is 255 g/mol. The number of hydrogen-bond acceptors (Lipinski definition) is 6. The van der Waals surface area contributed by atoms with Crippen LogP contribution in [0, 0.1) is 0 Å². The normalized spacial score (nSPS) is 25.0. The lowest BCUT2D eigenvalue weighted by Gasteiger charge is -2.27. The minimum Gasteiger partial charge on any atom is -0.392 e. The van der Waals surface area contributed by atoms with Crippen LogP contribution < -0.4 is 0 Å². The Hall–Kier alpha value is -0.980. The molecule has 0 radical (unpaired) electrons. The molecule has 1 fully saturated rings. The SMILES string of the molecule is CCC(O)C(C)c1nc(C2CN(C)CCO2)no1. The van der Waals surface area contributed by atoms with Crippen molar-refractivity contribution < 1.29 is 14.4 Å². The number of ether oxygens (including phenoxy) is 1. The molecule has 1 aromatic rings. The zero-order chi connectivity index (χ0) is 13.1. The standard InChI is InChI=1S/C12H21N3O3/c1-4-9(16)8(2)12-13-11(14-18-12)10-7-15(3)5-6-17-10/h8-10,16H,4-7H2,1-3H3. The molecule has 6 heteroatoms. The van der Waals surface area contributed by atoms with E-state index in [1.54, 1.807) is 0 Å². The molecule has 102 valence electrons. The molecule has 0 saturated carbocycles. The number of nitrogens with zero attached hydrogens (tertiary/aromatic N) is 3. The minimum absolute atomic E-state index is 0.132. The number of hydrogen-bond donors (Lipinski definition) is 1. The van der Waals surface area contributed by atoms with E-state index in [1.165, 1.54) is 0 Å². The van der Waals surface area contributed by atoms with Gasteiger partial charge in [0.05, 0.1) is 18.6 Å². The van der Waals surface area contributed by atoms with Crippen LogP contribution in [-0.2, 0) is 4.74 Å². The van der Waals surface area contributed by atoms with Gasteiger partial charge in [-0.1, -0.05) is 19.0 Å². The van der Waals surface area contributed by atoms with E-state index >= 15 is 0 Å². The Morgan fingerprint density at radius 1 is 1.56 bits per heavy atom. The van der Waals surface area contributed by atoms with Gasteiger partial charge >= 0.3 is 0 Å². The van der Waals surface area contributed by atoms with E-state index in [-0.39, 0.29) is 12.0 Å². The van der Waals surface area contributed by atoms with Gasteiger partial charge in [-0.25, -0.2) is 0 Å². The first kappa shape index (κ1) is 13.5. The van der Waals surface area contributed by atoms with Gasteiger partial charge in [0.1, 0.15) is 6.10 Å². The molecule has 2 heterocycles. The average Bonchev–Trinajstić information content (AvgIpc) is 2.86. The third kappa shape index (κ3) is 2.88. The summed E-state index contributed by atoms with van der Waals surface area (Å²) in [5.74, 6) is 0.917. The first-order chi connectivity index (χ1) is 8.61. The van der Waals surface area contributed by atoms with E-state index in [2.05, 4.69) is 15.0 Å². The third-order valence-corrected chi connectivity index (χ3v) is 3.40. The van der Waals surface area contributed by atoms with E-state index < -0.39 is 6.10 Å². The van der Waals surface area contributed by atoms with E-state index in [1.807, 2.05) is 20.9 Å². The second-order valence-electron chi connectivity index (χ2n) is 4.88. The van der Waals surface area contributed by atoms with Crippen molar-refractivity contribution in [3.05, 3.63) is 11.7 Å². The largest absolute Gasteiger partial charge is 0.392 e. The molecule has 0 bridgehead atoms. The second-order valence-corrected chi connectivity index (χ2v) is 4.88. The summed E-state index contributed by atoms with van der Waals surface area (Å²) >= 11 is 0. The van der Waals surface area contributed by atoms with Crippen molar-refractivity contribution >= 4 is 0 Å². The molecule has 1 N–H and O–H groups in total. The predicted molar refractivity (Wildman–Crippen MR) is 65.2 cm³/mol. The van der Waals surface area contributed by atoms with Crippen molar-refractivity contribution in [2.75, 3.05) is 26.7 Å². The van der Waals surface area contributed by atoms with E-state index in [4.69, 9.17) is 9.26 Å². The third-order valence-electron chi connectivity index (χ3n) is 3.40. The summed E-state index contributed by atoms with van der Waals surface area (Å²) in [5.41, 5.74) is 0. The van der Waals surface area contributed by atoms with Crippen LogP contribution in [0.4, 0.5) is 0 Å².